The summed E-state index contributed by atoms with van der Waals surface area (Å²) < 4.78 is 5.35. The standard InChI is InChI=1S/C17H20Cl2N2O3/c1-3-4-5-8-24-16(22)14-10(2)20-17(23)21-15(14)11-6-7-12(18)13(19)9-11/h6-7,9,15H,3-5,8H2,1-2H3,(H2,20,21,23)/t15-/m1/s1. The number of benzene rings is 1. The summed E-state index contributed by atoms with van der Waals surface area (Å²) in [6.45, 7) is 4.10. The molecule has 1 aliphatic heterocycles. The molecular weight excluding hydrogens is 351 g/mol. The first-order chi connectivity index (χ1) is 11.4. The van der Waals surface area contributed by atoms with Gasteiger partial charge in [-0.3, -0.25) is 0 Å². The maximum absolute atomic E-state index is 12.5. The second-order valence-corrected chi connectivity index (χ2v) is 6.40. The van der Waals surface area contributed by atoms with Gasteiger partial charge in [0.15, 0.2) is 0 Å². The number of rotatable bonds is 6. The third kappa shape index (κ3) is 4.42. The molecule has 0 spiro atoms. The molecule has 5 nitrogen and oxygen atoms in total. The van der Waals surface area contributed by atoms with Crippen molar-refractivity contribution in [1.82, 2.24) is 10.6 Å². The number of hydrogen-bond donors (Lipinski definition) is 2. The van der Waals surface area contributed by atoms with Crippen LogP contribution in [0.15, 0.2) is 29.5 Å². The van der Waals surface area contributed by atoms with E-state index in [1.165, 1.54) is 0 Å². The Morgan fingerprint density at radius 2 is 2.00 bits per heavy atom. The molecule has 0 radical (unpaired) electrons. The first-order valence-corrected chi connectivity index (χ1v) is 8.60. The number of esters is 1. The lowest BCUT2D eigenvalue weighted by Crippen LogP contribution is -2.45. The highest BCUT2D eigenvalue weighted by atomic mass is 35.5. The van der Waals surface area contributed by atoms with Crippen LogP contribution in [0.1, 0.15) is 44.7 Å². The van der Waals surface area contributed by atoms with Crippen molar-refractivity contribution in [2.75, 3.05) is 6.61 Å². The molecule has 2 N–H and O–H groups in total. The molecule has 130 valence electrons. The lowest BCUT2D eigenvalue weighted by atomic mass is 9.95. The molecule has 0 aliphatic carbocycles. The van der Waals surface area contributed by atoms with Crippen molar-refractivity contribution < 1.29 is 14.3 Å². The first-order valence-electron chi connectivity index (χ1n) is 7.84. The summed E-state index contributed by atoms with van der Waals surface area (Å²) in [5.74, 6) is -0.452. The zero-order valence-electron chi connectivity index (χ0n) is 13.6. The van der Waals surface area contributed by atoms with E-state index in [0.717, 1.165) is 19.3 Å². The van der Waals surface area contributed by atoms with Gasteiger partial charge in [0, 0.05) is 5.70 Å². The lowest BCUT2D eigenvalue weighted by molar-refractivity contribution is -0.139. The van der Waals surface area contributed by atoms with Gasteiger partial charge in [-0.15, -0.1) is 0 Å². The fourth-order valence-corrected chi connectivity index (χ4v) is 2.81. The number of amides is 2. The Morgan fingerprint density at radius 3 is 2.67 bits per heavy atom. The fourth-order valence-electron chi connectivity index (χ4n) is 2.50. The fraction of sp³-hybridized carbons (Fsp3) is 0.412. The molecule has 1 aliphatic rings. The number of nitrogens with one attached hydrogen (secondary N) is 2. The van der Waals surface area contributed by atoms with Crippen molar-refractivity contribution in [2.45, 2.75) is 39.2 Å². The lowest BCUT2D eigenvalue weighted by Gasteiger charge is -2.28. The molecule has 7 heteroatoms. The van der Waals surface area contributed by atoms with E-state index in [-0.39, 0.29) is 6.03 Å². The molecule has 0 bridgehead atoms. The van der Waals surface area contributed by atoms with Crippen LogP contribution in [-0.2, 0) is 9.53 Å². The van der Waals surface area contributed by atoms with Crippen LogP contribution < -0.4 is 10.6 Å². The van der Waals surface area contributed by atoms with Gasteiger partial charge >= 0.3 is 12.0 Å². The van der Waals surface area contributed by atoms with Crippen molar-refractivity contribution in [3.8, 4) is 0 Å². The van der Waals surface area contributed by atoms with Crippen LogP contribution in [0, 0.1) is 0 Å². The number of halogens is 2. The summed E-state index contributed by atoms with van der Waals surface area (Å²) in [5.41, 5.74) is 1.50. The molecule has 0 aromatic heterocycles. The Balaban J connectivity index is 2.26. The quantitative estimate of drug-likeness (QED) is 0.577. The van der Waals surface area contributed by atoms with Crippen LogP contribution in [0.5, 0.6) is 0 Å². The normalized spacial score (nSPS) is 17.3. The zero-order chi connectivity index (χ0) is 17.7. The number of ether oxygens (including phenoxy) is 1. The maximum atomic E-state index is 12.5. The van der Waals surface area contributed by atoms with E-state index in [4.69, 9.17) is 27.9 Å². The zero-order valence-corrected chi connectivity index (χ0v) is 15.1. The topological polar surface area (TPSA) is 67.4 Å². The molecule has 2 amide bonds. The highest BCUT2D eigenvalue weighted by molar-refractivity contribution is 6.42. The molecule has 1 heterocycles. The van der Waals surface area contributed by atoms with Gasteiger partial charge in [0.2, 0.25) is 0 Å². The largest absolute Gasteiger partial charge is 0.462 e. The molecule has 2 rings (SSSR count). The monoisotopic (exact) mass is 370 g/mol. The summed E-state index contributed by atoms with van der Waals surface area (Å²) in [5, 5.41) is 6.10. The molecule has 1 atom stereocenters. The van der Waals surface area contributed by atoms with E-state index in [9.17, 15) is 9.59 Å². The van der Waals surface area contributed by atoms with Gasteiger partial charge in [0.1, 0.15) is 0 Å². The Labute approximate surface area is 151 Å². The van der Waals surface area contributed by atoms with E-state index >= 15 is 0 Å². The van der Waals surface area contributed by atoms with Crippen LogP contribution in [0.4, 0.5) is 4.79 Å². The minimum absolute atomic E-state index is 0.353. The Kier molecular flexibility index (Phi) is 6.52. The predicted molar refractivity (Wildman–Crippen MR) is 94.1 cm³/mol. The van der Waals surface area contributed by atoms with Crippen LogP contribution in [-0.4, -0.2) is 18.6 Å². The molecule has 0 saturated heterocycles. The van der Waals surface area contributed by atoms with Gasteiger partial charge in [-0.25, -0.2) is 9.59 Å². The van der Waals surface area contributed by atoms with Crippen molar-refractivity contribution >= 4 is 35.2 Å². The third-order valence-corrected chi connectivity index (χ3v) is 4.49. The Bertz CT molecular complexity index is 674. The van der Waals surface area contributed by atoms with Crippen molar-refractivity contribution in [3.05, 3.63) is 45.1 Å². The molecule has 0 saturated carbocycles. The first kappa shape index (κ1) is 18.6. The van der Waals surface area contributed by atoms with Crippen LogP contribution in [0.2, 0.25) is 10.0 Å². The highest BCUT2D eigenvalue weighted by Gasteiger charge is 2.32. The van der Waals surface area contributed by atoms with Gasteiger partial charge in [-0.2, -0.15) is 0 Å². The summed E-state index contributed by atoms with van der Waals surface area (Å²) >= 11 is 12.0. The van der Waals surface area contributed by atoms with E-state index in [1.54, 1.807) is 25.1 Å². The van der Waals surface area contributed by atoms with Gasteiger partial charge < -0.3 is 15.4 Å². The van der Waals surface area contributed by atoms with Crippen molar-refractivity contribution in [1.29, 1.82) is 0 Å². The molecule has 0 unspecified atom stereocenters. The Morgan fingerprint density at radius 1 is 1.25 bits per heavy atom. The summed E-state index contributed by atoms with van der Waals surface area (Å²) in [7, 11) is 0. The minimum Gasteiger partial charge on any atom is -0.462 e. The predicted octanol–water partition coefficient (Wildman–Crippen LogP) is 4.35. The van der Waals surface area contributed by atoms with Crippen LogP contribution in [0.25, 0.3) is 0 Å². The highest BCUT2D eigenvalue weighted by Crippen LogP contribution is 2.31. The second-order valence-electron chi connectivity index (χ2n) is 5.59. The number of allylic oxidation sites excluding steroid dienone is 1. The number of urea groups is 1. The Hall–Kier alpha value is -1.72. The van der Waals surface area contributed by atoms with Gasteiger partial charge in [-0.05, 0) is 31.0 Å². The SMILES string of the molecule is CCCCCOC(=O)C1=C(C)NC(=O)N[C@@H]1c1ccc(Cl)c(Cl)c1. The van der Waals surface area contributed by atoms with E-state index in [2.05, 4.69) is 17.6 Å². The second kappa shape index (κ2) is 8.40. The molecule has 1 aromatic rings. The minimum atomic E-state index is -0.632. The van der Waals surface area contributed by atoms with Crippen molar-refractivity contribution in [2.24, 2.45) is 0 Å². The van der Waals surface area contributed by atoms with E-state index in [0.29, 0.717) is 33.5 Å². The maximum Gasteiger partial charge on any atom is 0.338 e. The van der Waals surface area contributed by atoms with Gasteiger partial charge in [0.25, 0.3) is 0 Å². The number of hydrogen-bond acceptors (Lipinski definition) is 3. The average molecular weight is 371 g/mol. The summed E-state index contributed by atoms with van der Waals surface area (Å²) in [6.07, 6.45) is 2.85. The number of unbranched alkanes of at least 4 members (excludes halogenated alkanes) is 2. The average Bonchev–Trinajstić information content (AvgIpc) is 2.53. The smallest absolute Gasteiger partial charge is 0.338 e. The molecule has 24 heavy (non-hydrogen) atoms. The van der Waals surface area contributed by atoms with Gasteiger partial charge in [-0.1, -0.05) is 49.0 Å². The number of carbonyl (C=O) groups is 2. The summed E-state index contributed by atoms with van der Waals surface area (Å²) in [4.78, 5) is 24.3. The molecule has 1 aromatic carbocycles. The van der Waals surface area contributed by atoms with Gasteiger partial charge in [0.05, 0.1) is 28.3 Å². The van der Waals surface area contributed by atoms with E-state index in [1.807, 2.05) is 0 Å². The summed E-state index contributed by atoms with van der Waals surface area (Å²) in [6, 6.07) is 3.98. The van der Waals surface area contributed by atoms with Crippen LogP contribution >= 0.6 is 23.2 Å². The molecular formula is C17H20Cl2N2O3. The third-order valence-electron chi connectivity index (χ3n) is 3.75. The van der Waals surface area contributed by atoms with E-state index < -0.39 is 12.0 Å². The van der Waals surface area contributed by atoms with Crippen molar-refractivity contribution in [3.63, 3.8) is 0 Å². The molecule has 0 fully saturated rings. The number of carbonyl (C=O) groups excluding carboxylic acids is 2. The van der Waals surface area contributed by atoms with Crippen LogP contribution in [0.3, 0.4) is 0 Å².